The first-order valence-corrected chi connectivity index (χ1v) is 6.43. The summed E-state index contributed by atoms with van der Waals surface area (Å²) in [4.78, 5) is 2.10. The van der Waals surface area contributed by atoms with Crippen LogP contribution in [-0.2, 0) is 13.1 Å². The van der Waals surface area contributed by atoms with Gasteiger partial charge in [-0.1, -0.05) is 12.1 Å². The van der Waals surface area contributed by atoms with Crippen molar-refractivity contribution in [1.29, 1.82) is 0 Å². The maximum absolute atomic E-state index is 13.3. The number of ether oxygens (including phenoxy) is 1. The van der Waals surface area contributed by atoms with E-state index in [1.54, 1.807) is 13.2 Å². The first-order valence-electron chi connectivity index (χ1n) is 6.43. The van der Waals surface area contributed by atoms with Gasteiger partial charge in [0.25, 0.3) is 0 Å². The molecule has 0 saturated heterocycles. The Hall–Kier alpha value is -2.07. The first kappa shape index (κ1) is 14.3. The van der Waals surface area contributed by atoms with Crippen molar-refractivity contribution < 1.29 is 9.13 Å². The molecule has 2 aromatic rings. The number of hydrogen-bond donors (Lipinski definition) is 1. The van der Waals surface area contributed by atoms with Gasteiger partial charge in [-0.25, -0.2) is 4.39 Å². The average molecular weight is 274 g/mol. The minimum Gasteiger partial charge on any atom is -0.497 e. The van der Waals surface area contributed by atoms with Crippen LogP contribution < -0.4 is 10.5 Å². The normalized spacial score (nSPS) is 10.8. The van der Waals surface area contributed by atoms with E-state index < -0.39 is 0 Å². The summed E-state index contributed by atoms with van der Waals surface area (Å²) in [6.07, 6.45) is 0. The lowest BCUT2D eigenvalue weighted by Crippen LogP contribution is -2.17. The van der Waals surface area contributed by atoms with Gasteiger partial charge in [0, 0.05) is 18.8 Å². The second-order valence-electron chi connectivity index (χ2n) is 4.92. The smallest absolute Gasteiger partial charge is 0.125 e. The molecule has 3 nitrogen and oxygen atoms in total. The van der Waals surface area contributed by atoms with Crippen molar-refractivity contribution in [2.45, 2.75) is 13.1 Å². The summed E-state index contributed by atoms with van der Waals surface area (Å²) in [5, 5.41) is 0. The lowest BCUT2D eigenvalue weighted by Gasteiger charge is -2.17. The van der Waals surface area contributed by atoms with Crippen LogP contribution in [0.5, 0.6) is 5.75 Å². The van der Waals surface area contributed by atoms with Crippen LogP contribution in [0.4, 0.5) is 10.1 Å². The van der Waals surface area contributed by atoms with Crippen molar-refractivity contribution in [3.8, 4) is 5.75 Å². The highest BCUT2D eigenvalue weighted by atomic mass is 19.1. The van der Waals surface area contributed by atoms with Crippen LogP contribution in [0.2, 0.25) is 0 Å². The third-order valence-electron chi connectivity index (χ3n) is 3.02. The van der Waals surface area contributed by atoms with Crippen molar-refractivity contribution in [2.24, 2.45) is 0 Å². The summed E-state index contributed by atoms with van der Waals surface area (Å²) < 4.78 is 18.5. The zero-order chi connectivity index (χ0) is 14.5. The van der Waals surface area contributed by atoms with Crippen molar-refractivity contribution in [2.75, 3.05) is 19.9 Å². The Balaban J connectivity index is 2.02. The predicted octanol–water partition coefficient (Wildman–Crippen LogP) is 3.05. The molecule has 0 unspecified atom stereocenters. The number of halogens is 1. The minimum atomic E-state index is -0.296. The van der Waals surface area contributed by atoms with Crippen LogP contribution in [0.1, 0.15) is 11.1 Å². The Labute approximate surface area is 118 Å². The van der Waals surface area contributed by atoms with E-state index in [4.69, 9.17) is 10.5 Å². The maximum Gasteiger partial charge on any atom is 0.125 e. The molecule has 0 aliphatic rings. The van der Waals surface area contributed by atoms with Gasteiger partial charge in [-0.05, 0) is 48.5 Å². The molecule has 106 valence electrons. The Morgan fingerprint density at radius 2 is 1.85 bits per heavy atom. The third-order valence-corrected chi connectivity index (χ3v) is 3.02. The summed E-state index contributed by atoms with van der Waals surface area (Å²) in [5.41, 5.74) is 8.12. The lowest BCUT2D eigenvalue weighted by molar-refractivity contribution is 0.317. The van der Waals surface area contributed by atoms with Crippen LogP contribution in [0.3, 0.4) is 0 Å². The van der Waals surface area contributed by atoms with Crippen molar-refractivity contribution in [1.82, 2.24) is 4.90 Å². The third kappa shape index (κ3) is 3.96. The standard InChI is InChI=1S/C16H19FN2O/c1-19(10-12-4-3-5-16(8-12)20-2)11-13-6-14(17)9-15(18)7-13/h3-9H,10-11,18H2,1-2H3. The fraction of sp³-hybridized carbons (Fsp3) is 0.250. The number of rotatable bonds is 5. The van der Waals surface area contributed by atoms with Gasteiger partial charge < -0.3 is 10.5 Å². The molecule has 2 rings (SSSR count). The molecule has 0 heterocycles. The van der Waals surface area contributed by atoms with Gasteiger partial charge in [0.15, 0.2) is 0 Å². The second-order valence-corrected chi connectivity index (χ2v) is 4.92. The number of benzene rings is 2. The molecular weight excluding hydrogens is 255 g/mol. The zero-order valence-electron chi connectivity index (χ0n) is 11.8. The highest BCUT2D eigenvalue weighted by molar-refractivity contribution is 5.41. The summed E-state index contributed by atoms with van der Waals surface area (Å²) >= 11 is 0. The SMILES string of the molecule is COc1cccc(CN(C)Cc2cc(N)cc(F)c2)c1. The number of methoxy groups -OCH3 is 1. The fourth-order valence-corrected chi connectivity index (χ4v) is 2.22. The number of nitrogens with two attached hydrogens (primary N) is 1. The average Bonchev–Trinajstić information content (AvgIpc) is 2.37. The summed E-state index contributed by atoms with van der Waals surface area (Å²) in [5.74, 6) is 0.542. The highest BCUT2D eigenvalue weighted by Gasteiger charge is 2.05. The van der Waals surface area contributed by atoms with Gasteiger partial charge in [0.05, 0.1) is 7.11 Å². The zero-order valence-corrected chi connectivity index (χ0v) is 11.8. The molecule has 4 heteroatoms. The van der Waals surface area contributed by atoms with Crippen LogP contribution in [-0.4, -0.2) is 19.1 Å². The quantitative estimate of drug-likeness (QED) is 0.852. The van der Waals surface area contributed by atoms with E-state index in [2.05, 4.69) is 4.90 Å². The van der Waals surface area contributed by atoms with Crippen molar-refractivity contribution in [3.05, 3.63) is 59.4 Å². The molecule has 0 bridgehead atoms. The minimum absolute atomic E-state index is 0.296. The Bertz CT molecular complexity index is 566. The van der Waals surface area contributed by atoms with Gasteiger partial charge in [-0.3, -0.25) is 4.90 Å². The summed E-state index contributed by atoms with van der Waals surface area (Å²) in [7, 11) is 3.64. The van der Waals surface area contributed by atoms with Gasteiger partial charge in [0.1, 0.15) is 11.6 Å². The molecule has 0 radical (unpaired) electrons. The molecule has 0 amide bonds. The van der Waals surface area contributed by atoms with E-state index in [1.165, 1.54) is 12.1 Å². The Morgan fingerprint density at radius 1 is 1.10 bits per heavy atom. The number of anilines is 1. The molecule has 0 aliphatic heterocycles. The second kappa shape index (κ2) is 6.39. The molecule has 0 spiro atoms. The number of hydrogen-bond acceptors (Lipinski definition) is 3. The van der Waals surface area contributed by atoms with E-state index in [9.17, 15) is 4.39 Å². The molecule has 0 aliphatic carbocycles. The van der Waals surface area contributed by atoms with E-state index in [1.807, 2.05) is 31.3 Å². The Morgan fingerprint density at radius 3 is 2.55 bits per heavy atom. The highest BCUT2D eigenvalue weighted by Crippen LogP contribution is 2.16. The van der Waals surface area contributed by atoms with E-state index >= 15 is 0 Å². The maximum atomic E-state index is 13.3. The van der Waals surface area contributed by atoms with Gasteiger partial charge in [-0.15, -0.1) is 0 Å². The lowest BCUT2D eigenvalue weighted by atomic mass is 10.1. The number of nitrogens with zero attached hydrogens (tertiary/aromatic N) is 1. The van der Waals surface area contributed by atoms with Crippen molar-refractivity contribution in [3.63, 3.8) is 0 Å². The largest absolute Gasteiger partial charge is 0.497 e. The molecule has 20 heavy (non-hydrogen) atoms. The monoisotopic (exact) mass is 274 g/mol. The topological polar surface area (TPSA) is 38.5 Å². The molecule has 2 aromatic carbocycles. The predicted molar refractivity (Wildman–Crippen MR) is 79.0 cm³/mol. The van der Waals surface area contributed by atoms with Gasteiger partial charge in [0.2, 0.25) is 0 Å². The van der Waals surface area contributed by atoms with Gasteiger partial charge >= 0.3 is 0 Å². The fourth-order valence-electron chi connectivity index (χ4n) is 2.22. The molecule has 2 N–H and O–H groups in total. The van der Waals surface area contributed by atoms with Crippen LogP contribution in [0.15, 0.2) is 42.5 Å². The molecular formula is C16H19FN2O. The van der Waals surface area contributed by atoms with Crippen LogP contribution in [0, 0.1) is 5.82 Å². The van der Waals surface area contributed by atoms with Crippen LogP contribution >= 0.6 is 0 Å². The van der Waals surface area contributed by atoms with E-state index in [0.717, 1.165) is 23.4 Å². The number of nitrogen functional groups attached to an aromatic ring is 1. The molecule has 0 saturated carbocycles. The van der Waals surface area contributed by atoms with Crippen molar-refractivity contribution >= 4 is 5.69 Å². The van der Waals surface area contributed by atoms with Gasteiger partial charge in [-0.2, -0.15) is 0 Å². The first-order chi connectivity index (χ1) is 9.56. The molecule has 0 atom stereocenters. The summed E-state index contributed by atoms with van der Waals surface area (Å²) in [6.45, 7) is 1.40. The van der Waals surface area contributed by atoms with Crippen LogP contribution in [0.25, 0.3) is 0 Å². The summed E-state index contributed by atoms with van der Waals surface area (Å²) in [6, 6.07) is 12.5. The molecule has 0 aromatic heterocycles. The Kier molecular flexibility index (Phi) is 4.58. The molecule has 0 fully saturated rings. The van der Waals surface area contributed by atoms with E-state index in [-0.39, 0.29) is 5.82 Å². The van der Waals surface area contributed by atoms with E-state index in [0.29, 0.717) is 12.2 Å².